The molecule has 0 aliphatic carbocycles. The number of hydrogen-bond acceptors (Lipinski definition) is 15. The molecule has 0 radical (unpaired) electrons. The molecule has 3 N–H and O–H groups in total. The number of fused-ring (bicyclic) bond motifs is 2. The Balaban J connectivity index is 1.72. The quantitative estimate of drug-likeness (QED) is 0.0447. The first-order valence-corrected chi connectivity index (χ1v) is 26.1. The summed E-state index contributed by atoms with van der Waals surface area (Å²) in [6.45, 7) is 10.6. The van der Waals surface area contributed by atoms with Gasteiger partial charge in [0, 0.05) is 88.4 Å². The molecule has 0 aromatic heterocycles. The number of methoxy groups -OCH3 is 3. The average Bonchev–Trinajstić information content (AvgIpc) is 3.68. The fourth-order valence-corrected chi connectivity index (χ4v) is 9.46. The largest absolute Gasteiger partial charge is 0.481 e. The highest BCUT2D eigenvalue weighted by molar-refractivity contribution is 7.86. The summed E-state index contributed by atoms with van der Waals surface area (Å²) in [7, 11) is -4.32. The predicted octanol–water partition coefficient (Wildman–Crippen LogP) is 5.22. The third kappa shape index (κ3) is 17.3. The van der Waals surface area contributed by atoms with E-state index in [9.17, 15) is 35.8 Å². The van der Waals surface area contributed by atoms with Crippen LogP contribution in [0.15, 0.2) is 70.1 Å². The normalized spacial score (nSPS) is 18.8. The van der Waals surface area contributed by atoms with Gasteiger partial charge in [-0.05, 0) is 81.5 Å². The molecule has 2 unspecified atom stereocenters. The Bertz CT molecular complexity index is 2250. The van der Waals surface area contributed by atoms with Crippen molar-refractivity contribution in [3.8, 4) is 0 Å². The van der Waals surface area contributed by atoms with E-state index in [4.69, 9.17) is 42.6 Å². The maximum absolute atomic E-state index is 12.5. The van der Waals surface area contributed by atoms with E-state index < -0.39 is 37.0 Å². The Kier molecular flexibility index (Phi) is 24.3. The lowest BCUT2D eigenvalue weighted by Crippen LogP contribution is -2.33. The van der Waals surface area contributed by atoms with Gasteiger partial charge < -0.3 is 52.6 Å². The number of aliphatic carboxylic acids is 1. The SMILES string of the molecule is COCCOCCOCCOCCC1(C)C(/C=C/C=C2/N(CCOC)c3ccc(S(=O)(=O)O)cc3C2(C)CCOCCOCCOCCOC)=[N+](CCCCCC(=O)O)c2ccc(S(=O)(=O)O)cc21. The number of carboxylic acids is 1. The summed E-state index contributed by atoms with van der Waals surface area (Å²) in [4.78, 5) is 12.9. The highest BCUT2D eigenvalue weighted by Crippen LogP contribution is 2.51. The number of anilines is 1. The molecular weight excluding hydrogens is 941 g/mol. The zero-order chi connectivity index (χ0) is 50.3. The number of nitrogens with zero attached hydrogens (tertiary/aromatic N) is 2. The monoisotopic (exact) mass is 1010 g/mol. The maximum atomic E-state index is 12.5. The molecule has 69 heavy (non-hydrogen) atoms. The van der Waals surface area contributed by atoms with E-state index in [1.807, 2.05) is 32.1 Å². The second-order valence-electron chi connectivity index (χ2n) is 16.9. The second kappa shape index (κ2) is 29.0. The number of carboxylic acid groups (broad SMARTS) is 1. The molecule has 2 heterocycles. The number of hydrogen-bond donors (Lipinski definition) is 3. The zero-order valence-electron chi connectivity index (χ0n) is 40.7. The molecule has 2 aliphatic heterocycles. The molecule has 19 nitrogen and oxygen atoms in total. The molecule has 0 fully saturated rings. The van der Waals surface area contributed by atoms with Crippen LogP contribution in [0.1, 0.15) is 63.5 Å². The summed E-state index contributed by atoms with van der Waals surface area (Å²) in [5.74, 6) is -0.873. The maximum Gasteiger partial charge on any atom is 0.303 e. The number of rotatable bonds is 37. The zero-order valence-corrected chi connectivity index (χ0v) is 42.4. The number of benzene rings is 2. The van der Waals surface area contributed by atoms with Gasteiger partial charge in [-0.1, -0.05) is 6.08 Å². The highest BCUT2D eigenvalue weighted by Gasteiger charge is 2.48. The van der Waals surface area contributed by atoms with Crippen LogP contribution in [0.25, 0.3) is 0 Å². The van der Waals surface area contributed by atoms with Gasteiger partial charge in [0.15, 0.2) is 5.71 Å². The van der Waals surface area contributed by atoms with Crippen molar-refractivity contribution in [2.24, 2.45) is 0 Å². The lowest BCUT2D eigenvalue weighted by molar-refractivity contribution is -0.438. The van der Waals surface area contributed by atoms with Gasteiger partial charge in [0.25, 0.3) is 20.2 Å². The van der Waals surface area contributed by atoms with Gasteiger partial charge in [-0.25, -0.2) is 0 Å². The van der Waals surface area contributed by atoms with E-state index in [-0.39, 0.29) is 29.4 Å². The van der Waals surface area contributed by atoms with Crippen molar-refractivity contribution in [3.63, 3.8) is 0 Å². The smallest absolute Gasteiger partial charge is 0.303 e. The first-order valence-electron chi connectivity index (χ1n) is 23.2. The van der Waals surface area contributed by atoms with E-state index in [0.717, 1.165) is 22.8 Å². The minimum Gasteiger partial charge on any atom is -0.481 e. The van der Waals surface area contributed by atoms with Crippen molar-refractivity contribution in [2.75, 3.05) is 138 Å². The molecule has 21 heteroatoms. The molecular formula is C48H73N2O17S2+. The third-order valence-electron chi connectivity index (χ3n) is 12.2. The first-order chi connectivity index (χ1) is 33.0. The second-order valence-corrected chi connectivity index (χ2v) is 19.8. The van der Waals surface area contributed by atoms with E-state index >= 15 is 0 Å². The van der Waals surface area contributed by atoms with Gasteiger partial charge in [-0.15, -0.1) is 0 Å². The van der Waals surface area contributed by atoms with Crippen molar-refractivity contribution in [1.29, 1.82) is 0 Å². The number of ether oxygens (including phenoxy) is 9. The van der Waals surface area contributed by atoms with Crippen LogP contribution in [0.2, 0.25) is 0 Å². The van der Waals surface area contributed by atoms with Crippen molar-refractivity contribution in [1.82, 2.24) is 0 Å². The average molecular weight is 1010 g/mol. The molecule has 0 spiro atoms. The van der Waals surface area contributed by atoms with Crippen LogP contribution in [-0.2, 0) is 78.5 Å². The van der Waals surface area contributed by atoms with Crippen LogP contribution in [0.5, 0.6) is 0 Å². The molecule has 0 bridgehead atoms. The van der Waals surface area contributed by atoms with Crippen LogP contribution < -0.4 is 4.90 Å². The summed E-state index contributed by atoms with van der Waals surface area (Å²) in [5.41, 5.74) is 2.76. The molecule has 2 aliphatic rings. The lowest BCUT2D eigenvalue weighted by Gasteiger charge is -2.30. The highest BCUT2D eigenvalue weighted by atomic mass is 32.2. The summed E-state index contributed by atoms with van der Waals surface area (Å²) >= 11 is 0. The fraction of sp³-hybridized carbons (Fsp3) is 0.625. The Morgan fingerprint density at radius 2 is 1.10 bits per heavy atom. The number of carbonyl (C=O) groups is 1. The van der Waals surface area contributed by atoms with E-state index in [0.29, 0.717) is 142 Å². The molecule has 0 saturated carbocycles. The van der Waals surface area contributed by atoms with E-state index in [1.165, 1.54) is 24.3 Å². The van der Waals surface area contributed by atoms with Crippen LogP contribution in [0, 0.1) is 0 Å². The van der Waals surface area contributed by atoms with E-state index in [2.05, 4.69) is 9.48 Å². The Hall–Kier alpha value is -3.68. The predicted molar refractivity (Wildman–Crippen MR) is 257 cm³/mol. The molecule has 0 saturated heterocycles. The summed E-state index contributed by atoms with van der Waals surface area (Å²) in [6, 6.07) is 9.11. The summed E-state index contributed by atoms with van der Waals surface area (Å²) < 4.78 is 122. The van der Waals surface area contributed by atoms with Gasteiger partial charge in [-0.2, -0.15) is 21.4 Å². The molecule has 2 atom stereocenters. The third-order valence-corrected chi connectivity index (χ3v) is 13.9. The molecule has 2 aromatic carbocycles. The lowest BCUT2D eigenvalue weighted by atomic mass is 9.76. The molecule has 4 rings (SSSR count). The summed E-state index contributed by atoms with van der Waals surface area (Å²) in [5, 5.41) is 9.29. The van der Waals surface area contributed by atoms with Gasteiger partial charge >= 0.3 is 5.97 Å². The van der Waals surface area contributed by atoms with Crippen LogP contribution in [-0.4, -0.2) is 181 Å². The van der Waals surface area contributed by atoms with Crippen molar-refractivity contribution < 1.29 is 83.0 Å². The van der Waals surface area contributed by atoms with Gasteiger partial charge in [-0.3, -0.25) is 13.9 Å². The fourth-order valence-electron chi connectivity index (χ4n) is 8.45. The molecule has 0 amide bonds. The van der Waals surface area contributed by atoms with Gasteiger partial charge in [0.05, 0.1) is 101 Å². The van der Waals surface area contributed by atoms with Crippen LogP contribution >= 0.6 is 0 Å². The van der Waals surface area contributed by atoms with Crippen molar-refractivity contribution in [2.45, 2.75) is 73.0 Å². The van der Waals surface area contributed by atoms with Gasteiger partial charge in [0.1, 0.15) is 6.54 Å². The molecule has 388 valence electrons. The van der Waals surface area contributed by atoms with Crippen molar-refractivity contribution >= 4 is 43.3 Å². The Morgan fingerprint density at radius 1 is 0.623 bits per heavy atom. The minimum absolute atomic E-state index is 0.0361. The molecule has 2 aromatic rings. The van der Waals surface area contributed by atoms with Gasteiger partial charge in [0.2, 0.25) is 5.69 Å². The van der Waals surface area contributed by atoms with Crippen molar-refractivity contribution in [3.05, 3.63) is 71.5 Å². The van der Waals surface area contributed by atoms with E-state index in [1.54, 1.807) is 33.5 Å². The summed E-state index contributed by atoms with van der Waals surface area (Å²) in [6.07, 6.45) is 8.46. The Morgan fingerprint density at radius 3 is 1.61 bits per heavy atom. The van der Waals surface area contributed by atoms with Crippen LogP contribution in [0.4, 0.5) is 11.4 Å². The topological polar surface area (TPSA) is 235 Å². The number of unbranched alkanes of at least 4 members (excludes halogenated alkanes) is 2. The Labute approximate surface area is 407 Å². The minimum atomic E-state index is -4.57. The standard InChI is InChI=1S/C48H72N2O17S2/c1-47(17-21-62-28-30-66-34-32-64-26-24-60-4)40-36-38(68(53,54)55)13-15-42(40)49(19-8-6-7-12-46(51)52)44(47)10-9-11-45-48(2,18-22-63-29-31-67-35-33-65-27-25-61-5)41-37-39(69(56,57)58)14-16-43(41)50(45)20-23-59-3/h9-11,13-16,36-37H,6-8,12,17-35H2,1-5H3,(H2-,51,52,53,54,55,56,57,58)/p+1. The number of allylic oxidation sites excluding steroid dienone is 4. The first kappa shape index (κ1) is 57.9. The van der Waals surface area contributed by atoms with Crippen LogP contribution in [0.3, 0.4) is 0 Å².